The number of halogens is 2. The number of nitrogens with one attached hydrogen (secondary N) is 1. The molecule has 25 heavy (non-hydrogen) atoms. The van der Waals surface area contributed by atoms with E-state index >= 15 is 0 Å². The van der Waals surface area contributed by atoms with Crippen LogP contribution in [0.2, 0.25) is 0 Å². The standard InChI is InChI=1S/C17H14F2N2O2S2/c1-10-3-4-12(16-9-24-11(2)20-16)7-17(10)25(22,23)21-15-8-13(18)5-6-14(15)19/h3-9,21H,1-2H3. The zero-order valence-electron chi connectivity index (χ0n) is 13.4. The van der Waals surface area contributed by atoms with Gasteiger partial charge in [0.2, 0.25) is 0 Å². The SMILES string of the molecule is Cc1nc(-c2ccc(C)c(S(=O)(=O)Nc3cc(F)ccc3F)c2)cs1. The molecule has 0 aliphatic carbocycles. The van der Waals surface area contributed by atoms with Gasteiger partial charge in [-0.05, 0) is 37.6 Å². The van der Waals surface area contributed by atoms with Gasteiger partial charge in [0, 0.05) is 17.0 Å². The number of nitrogens with zero attached hydrogens (tertiary/aromatic N) is 1. The first kappa shape index (κ1) is 17.5. The van der Waals surface area contributed by atoms with Gasteiger partial charge in [0.25, 0.3) is 10.0 Å². The Morgan fingerprint density at radius 1 is 1.08 bits per heavy atom. The minimum Gasteiger partial charge on any atom is -0.277 e. The number of hydrogen-bond acceptors (Lipinski definition) is 4. The van der Waals surface area contributed by atoms with E-state index in [0.717, 1.165) is 23.2 Å². The number of benzene rings is 2. The smallest absolute Gasteiger partial charge is 0.262 e. The van der Waals surface area contributed by atoms with Crippen LogP contribution in [0.5, 0.6) is 0 Å². The largest absolute Gasteiger partial charge is 0.277 e. The predicted molar refractivity (Wildman–Crippen MR) is 94.2 cm³/mol. The molecule has 1 aromatic heterocycles. The van der Waals surface area contributed by atoms with Crippen molar-refractivity contribution in [3.63, 3.8) is 0 Å². The molecule has 0 unspecified atom stereocenters. The minimum atomic E-state index is -4.09. The van der Waals surface area contributed by atoms with Gasteiger partial charge in [-0.2, -0.15) is 0 Å². The molecular formula is C17H14F2N2O2S2. The number of aromatic nitrogens is 1. The fraction of sp³-hybridized carbons (Fsp3) is 0.118. The van der Waals surface area contributed by atoms with Crippen LogP contribution in [0.4, 0.5) is 14.5 Å². The van der Waals surface area contributed by atoms with Crippen LogP contribution < -0.4 is 4.72 Å². The summed E-state index contributed by atoms with van der Waals surface area (Å²) in [6.45, 7) is 3.49. The summed E-state index contributed by atoms with van der Waals surface area (Å²) in [5.41, 5.74) is 1.35. The minimum absolute atomic E-state index is 0.0145. The highest BCUT2D eigenvalue weighted by atomic mass is 32.2. The van der Waals surface area contributed by atoms with Gasteiger partial charge in [0.05, 0.1) is 21.3 Å². The fourth-order valence-corrected chi connectivity index (χ4v) is 4.27. The third-order valence-electron chi connectivity index (χ3n) is 3.57. The molecule has 0 aliphatic heterocycles. The second-order valence-electron chi connectivity index (χ2n) is 5.46. The predicted octanol–water partition coefficient (Wildman–Crippen LogP) is 4.51. The summed E-state index contributed by atoms with van der Waals surface area (Å²) < 4.78 is 54.5. The molecule has 1 heterocycles. The molecule has 8 heteroatoms. The molecule has 0 radical (unpaired) electrons. The zero-order chi connectivity index (χ0) is 18.2. The quantitative estimate of drug-likeness (QED) is 0.725. The van der Waals surface area contributed by atoms with Gasteiger partial charge >= 0.3 is 0 Å². The number of anilines is 1. The summed E-state index contributed by atoms with van der Waals surface area (Å²) in [5.74, 6) is -1.59. The first-order valence-corrected chi connectivity index (χ1v) is 9.63. The second-order valence-corrected chi connectivity index (χ2v) is 8.17. The van der Waals surface area contributed by atoms with Crippen LogP contribution >= 0.6 is 11.3 Å². The summed E-state index contributed by atoms with van der Waals surface area (Å²) >= 11 is 1.46. The van der Waals surface area contributed by atoms with Crippen LogP contribution in [-0.4, -0.2) is 13.4 Å². The average molecular weight is 380 g/mol. The van der Waals surface area contributed by atoms with E-state index in [1.165, 1.54) is 17.4 Å². The van der Waals surface area contributed by atoms with Crippen molar-refractivity contribution >= 4 is 27.0 Å². The van der Waals surface area contributed by atoms with Gasteiger partial charge in [0.1, 0.15) is 11.6 Å². The van der Waals surface area contributed by atoms with Gasteiger partial charge in [-0.15, -0.1) is 11.3 Å². The summed E-state index contributed by atoms with van der Waals surface area (Å²) in [6, 6.07) is 7.49. The number of thiazole rings is 1. The highest BCUT2D eigenvalue weighted by Crippen LogP contribution is 2.28. The molecule has 2 aromatic carbocycles. The van der Waals surface area contributed by atoms with E-state index in [1.807, 2.05) is 12.3 Å². The average Bonchev–Trinajstić information content (AvgIpc) is 2.97. The topological polar surface area (TPSA) is 59.1 Å². The molecule has 3 aromatic rings. The molecule has 3 rings (SSSR count). The number of aryl methyl sites for hydroxylation is 2. The molecule has 130 valence electrons. The van der Waals surface area contributed by atoms with E-state index in [-0.39, 0.29) is 4.90 Å². The molecule has 0 bridgehead atoms. The Morgan fingerprint density at radius 2 is 1.84 bits per heavy atom. The van der Waals surface area contributed by atoms with Crippen LogP contribution in [0.15, 0.2) is 46.7 Å². The Morgan fingerprint density at radius 3 is 2.52 bits per heavy atom. The first-order valence-electron chi connectivity index (χ1n) is 7.27. The third-order valence-corrected chi connectivity index (χ3v) is 5.85. The molecule has 0 aliphatic rings. The van der Waals surface area contributed by atoms with E-state index in [2.05, 4.69) is 9.71 Å². The van der Waals surface area contributed by atoms with Gasteiger partial charge in [0.15, 0.2) is 0 Å². The lowest BCUT2D eigenvalue weighted by Gasteiger charge is -2.12. The summed E-state index contributed by atoms with van der Waals surface area (Å²) in [7, 11) is -4.09. The highest BCUT2D eigenvalue weighted by molar-refractivity contribution is 7.92. The normalized spacial score (nSPS) is 11.5. The lowest BCUT2D eigenvalue weighted by atomic mass is 10.1. The molecule has 0 saturated heterocycles. The van der Waals surface area contributed by atoms with Crippen molar-refractivity contribution in [2.24, 2.45) is 0 Å². The Hall–Kier alpha value is -2.32. The summed E-state index contributed by atoms with van der Waals surface area (Å²) in [6.07, 6.45) is 0. The van der Waals surface area contributed by atoms with Crippen molar-refractivity contribution < 1.29 is 17.2 Å². The highest BCUT2D eigenvalue weighted by Gasteiger charge is 2.20. The maximum atomic E-state index is 13.8. The van der Waals surface area contributed by atoms with E-state index < -0.39 is 27.3 Å². The van der Waals surface area contributed by atoms with Crippen LogP contribution in [0, 0.1) is 25.5 Å². The molecule has 4 nitrogen and oxygen atoms in total. The van der Waals surface area contributed by atoms with E-state index in [0.29, 0.717) is 16.8 Å². The van der Waals surface area contributed by atoms with Gasteiger partial charge in [-0.25, -0.2) is 22.2 Å². The van der Waals surface area contributed by atoms with Crippen molar-refractivity contribution in [1.82, 2.24) is 4.98 Å². The number of rotatable bonds is 4. The number of hydrogen-bond donors (Lipinski definition) is 1. The van der Waals surface area contributed by atoms with E-state index in [4.69, 9.17) is 0 Å². The molecule has 0 fully saturated rings. The van der Waals surface area contributed by atoms with E-state index in [9.17, 15) is 17.2 Å². The molecule has 0 saturated carbocycles. The Kier molecular flexibility index (Phi) is 4.57. The maximum absolute atomic E-state index is 13.8. The first-order chi connectivity index (χ1) is 11.8. The lowest BCUT2D eigenvalue weighted by molar-refractivity contribution is 0.594. The van der Waals surface area contributed by atoms with Crippen molar-refractivity contribution in [1.29, 1.82) is 0 Å². The molecule has 0 spiro atoms. The van der Waals surface area contributed by atoms with Crippen molar-refractivity contribution in [3.05, 3.63) is 64.0 Å². The third kappa shape index (κ3) is 3.69. The van der Waals surface area contributed by atoms with Gasteiger partial charge in [-0.3, -0.25) is 4.72 Å². The van der Waals surface area contributed by atoms with Crippen LogP contribution in [0.3, 0.4) is 0 Å². The van der Waals surface area contributed by atoms with Crippen LogP contribution in [-0.2, 0) is 10.0 Å². The maximum Gasteiger partial charge on any atom is 0.262 e. The van der Waals surface area contributed by atoms with Crippen LogP contribution in [0.25, 0.3) is 11.3 Å². The molecular weight excluding hydrogens is 366 g/mol. The van der Waals surface area contributed by atoms with Crippen LogP contribution in [0.1, 0.15) is 10.6 Å². The van der Waals surface area contributed by atoms with Crippen molar-refractivity contribution in [2.75, 3.05) is 4.72 Å². The molecule has 0 atom stereocenters. The van der Waals surface area contributed by atoms with Crippen molar-refractivity contribution in [3.8, 4) is 11.3 Å². The van der Waals surface area contributed by atoms with Crippen molar-refractivity contribution in [2.45, 2.75) is 18.7 Å². The second kappa shape index (κ2) is 6.53. The zero-order valence-corrected chi connectivity index (χ0v) is 15.0. The Labute approximate surface area is 148 Å². The Bertz CT molecular complexity index is 1050. The fourth-order valence-electron chi connectivity index (χ4n) is 2.32. The lowest BCUT2D eigenvalue weighted by Crippen LogP contribution is -2.15. The summed E-state index contributed by atoms with van der Waals surface area (Å²) in [5, 5.41) is 2.69. The van der Waals surface area contributed by atoms with E-state index in [1.54, 1.807) is 19.1 Å². The van der Waals surface area contributed by atoms with Gasteiger partial charge < -0.3 is 0 Å². The Balaban J connectivity index is 2.03. The molecule has 0 amide bonds. The summed E-state index contributed by atoms with van der Waals surface area (Å²) in [4.78, 5) is 4.32. The van der Waals surface area contributed by atoms with Gasteiger partial charge in [-0.1, -0.05) is 12.1 Å². The number of sulfonamides is 1. The monoisotopic (exact) mass is 380 g/mol. The molecule has 1 N–H and O–H groups in total.